The number of para-hydroxylation sites is 1. The number of rotatable bonds is 8. The number of amides is 1. The SMILES string of the molecule is CSc1ccc2nc(N(CC3CCCO3)C(=O)c3ccc(S(=O)(=O)N(C)c4ccccc4)cc3)sc2c1. The lowest BCUT2D eigenvalue weighted by atomic mass is 10.2. The molecule has 0 N–H and O–H groups in total. The van der Waals surface area contributed by atoms with Gasteiger partial charge in [0.25, 0.3) is 15.9 Å². The number of ether oxygens (including phenoxy) is 1. The zero-order chi connectivity index (χ0) is 26.0. The average molecular weight is 554 g/mol. The minimum Gasteiger partial charge on any atom is -0.376 e. The van der Waals surface area contributed by atoms with Crippen LogP contribution in [0.4, 0.5) is 10.8 Å². The van der Waals surface area contributed by atoms with Gasteiger partial charge in [-0.25, -0.2) is 13.4 Å². The summed E-state index contributed by atoms with van der Waals surface area (Å²) in [5, 5.41) is 0.606. The number of hydrogen-bond donors (Lipinski definition) is 0. The molecule has 4 aromatic rings. The van der Waals surface area contributed by atoms with Gasteiger partial charge in [0.15, 0.2) is 5.13 Å². The van der Waals surface area contributed by atoms with Crippen molar-refractivity contribution in [3.05, 3.63) is 78.4 Å². The summed E-state index contributed by atoms with van der Waals surface area (Å²) in [5.74, 6) is -0.236. The van der Waals surface area contributed by atoms with Crippen LogP contribution < -0.4 is 9.21 Å². The second-order valence-corrected chi connectivity index (χ2v) is 12.6. The molecule has 37 heavy (non-hydrogen) atoms. The number of nitrogens with zero attached hydrogens (tertiary/aromatic N) is 3. The van der Waals surface area contributed by atoms with E-state index in [-0.39, 0.29) is 16.9 Å². The van der Waals surface area contributed by atoms with Crippen LogP contribution in [0, 0.1) is 0 Å². The Hall–Kier alpha value is -2.92. The lowest BCUT2D eigenvalue weighted by molar-refractivity contribution is 0.0917. The van der Waals surface area contributed by atoms with Gasteiger partial charge in [0, 0.05) is 24.1 Å². The molecule has 192 valence electrons. The fraction of sp³-hybridized carbons (Fsp3) is 0.259. The first-order valence-electron chi connectivity index (χ1n) is 11.9. The molecule has 0 spiro atoms. The molecule has 0 bridgehead atoms. The monoisotopic (exact) mass is 553 g/mol. The molecule has 0 saturated carbocycles. The predicted octanol–water partition coefficient (Wildman–Crippen LogP) is 5.67. The molecule has 1 unspecified atom stereocenters. The molecule has 1 aliphatic rings. The smallest absolute Gasteiger partial charge is 0.264 e. The van der Waals surface area contributed by atoms with Gasteiger partial charge in [0.2, 0.25) is 0 Å². The molecule has 1 aromatic heterocycles. The van der Waals surface area contributed by atoms with Gasteiger partial charge in [-0.05, 0) is 73.7 Å². The number of thiazole rings is 1. The fourth-order valence-electron chi connectivity index (χ4n) is 4.24. The maximum Gasteiger partial charge on any atom is 0.264 e. The molecule has 0 radical (unpaired) electrons. The van der Waals surface area contributed by atoms with Crippen molar-refractivity contribution in [2.75, 3.05) is 35.7 Å². The van der Waals surface area contributed by atoms with E-state index in [1.165, 1.54) is 34.8 Å². The first-order valence-corrected chi connectivity index (χ1v) is 15.4. The third-order valence-corrected chi connectivity index (χ3v) is 9.92. The molecule has 10 heteroatoms. The summed E-state index contributed by atoms with van der Waals surface area (Å²) in [4.78, 5) is 21.4. The number of anilines is 2. The van der Waals surface area contributed by atoms with Crippen molar-refractivity contribution in [3.8, 4) is 0 Å². The van der Waals surface area contributed by atoms with Crippen molar-refractivity contribution in [2.45, 2.75) is 28.7 Å². The van der Waals surface area contributed by atoms with Crippen LogP contribution in [-0.4, -0.2) is 51.9 Å². The van der Waals surface area contributed by atoms with Gasteiger partial charge in [0.05, 0.1) is 33.4 Å². The van der Waals surface area contributed by atoms with E-state index in [4.69, 9.17) is 9.72 Å². The maximum atomic E-state index is 13.7. The summed E-state index contributed by atoms with van der Waals surface area (Å²) in [7, 11) is -2.26. The van der Waals surface area contributed by atoms with Crippen LogP contribution in [0.5, 0.6) is 0 Å². The highest BCUT2D eigenvalue weighted by atomic mass is 32.2. The Bertz CT molecular complexity index is 1500. The Balaban J connectivity index is 1.44. The second kappa shape index (κ2) is 10.8. The number of hydrogen-bond acceptors (Lipinski definition) is 7. The zero-order valence-electron chi connectivity index (χ0n) is 20.5. The van der Waals surface area contributed by atoms with Gasteiger partial charge in [-0.3, -0.25) is 14.0 Å². The van der Waals surface area contributed by atoms with Gasteiger partial charge in [-0.1, -0.05) is 29.5 Å². The van der Waals surface area contributed by atoms with Crippen LogP contribution in [0.2, 0.25) is 0 Å². The maximum absolute atomic E-state index is 13.7. The highest BCUT2D eigenvalue weighted by Crippen LogP contribution is 2.33. The molecule has 5 rings (SSSR count). The van der Waals surface area contributed by atoms with E-state index in [0.29, 0.717) is 29.5 Å². The van der Waals surface area contributed by atoms with Gasteiger partial charge >= 0.3 is 0 Å². The van der Waals surface area contributed by atoms with E-state index in [9.17, 15) is 13.2 Å². The Morgan fingerprint density at radius 3 is 2.54 bits per heavy atom. The average Bonchev–Trinajstić information content (AvgIpc) is 3.60. The molecule has 1 aliphatic heterocycles. The van der Waals surface area contributed by atoms with Crippen molar-refractivity contribution in [1.82, 2.24) is 4.98 Å². The molecular weight excluding hydrogens is 527 g/mol. The third-order valence-electron chi connectivity index (χ3n) is 6.35. The summed E-state index contributed by atoms with van der Waals surface area (Å²) < 4.78 is 34.4. The minimum atomic E-state index is -3.77. The van der Waals surface area contributed by atoms with Gasteiger partial charge < -0.3 is 4.74 Å². The summed E-state index contributed by atoms with van der Waals surface area (Å²) in [6.45, 7) is 1.08. The van der Waals surface area contributed by atoms with Crippen LogP contribution in [0.25, 0.3) is 10.2 Å². The summed E-state index contributed by atoms with van der Waals surface area (Å²) in [5.41, 5.74) is 1.79. The van der Waals surface area contributed by atoms with Crippen LogP contribution in [0.3, 0.4) is 0 Å². The second-order valence-electron chi connectivity index (χ2n) is 8.71. The standard InChI is InChI=1S/C27H27N3O4S3/c1-29(20-7-4-3-5-8-20)37(32,33)23-13-10-19(11-14-23)26(31)30(18-21-9-6-16-34-21)27-28-24-15-12-22(35-2)17-25(24)36-27/h3-5,7-8,10-15,17,21H,6,9,16,18H2,1-2H3. The van der Waals surface area contributed by atoms with E-state index in [1.54, 1.807) is 53.1 Å². The van der Waals surface area contributed by atoms with Crippen molar-refractivity contribution in [3.63, 3.8) is 0 Å². The number of sulfonamides is 1. The quantitative estimate of drug-likeness (QED) is 0.262. The van der Waals surface area contributed by atoms with Crippen molar-refractivity contribution < 1.29 is 17.9 Å². The highest BCUT2D eigenvalue weighted by molar-refractivity contribution is 7.98. The molecular formula is C27H27N3O4S3. The van der Waals surface area contributed by atoms with Crippen LogP contribution in [-0.2, 0) is 14.8 Å². The minimum absolute atomic E-state index is 0.0584. The highest BCUT2D eigenvalue weighted by Gasteiger charge is 2.28. The molecule has 1 saturated heterocycles. The largest absolute Gasteiger partial charge is 0.376 e. The molecule has 1 amide bonds. The van der Waals surface area contributed by atoms with Gasteiger partial charge in [-0.2, -0.15) is 0 Å². The topological polar surface area (TPSA) is 79.8 Å². The van der Waals surface area contributed by atoms with Gasteiger partial charge in [-0.15, -0.1) is 11.8 Å². The molecule has 1 fully saturated rings. The fourth-order valence-corrected chi connectivity index (χ4v) is 6.96. The lowest BCUT2D eigenvalue weighted by Crippen LogP contribution is -2.37. The summed E-state index contributed by atoms with van der Waals surface area (Å²) >= 11 is 3.13. The third kappa shape index (κ3) is 5.38. The Labute approximate surface area is 225 Å². The summed E-state index contributed by atoms with van der Waals surface area (Å²) in [6, 6.07) is 21.0. The first kappa shape index (κ1) is 25.7. The van der Waals surface area contributed by atoms with Crippen LogP contribution >= 0.6 is 23.1 Å². The van der Waals surface area contributed by atoms with E-state index >= 15 is 0 Å². The number of thioether (sulfide) groups is 1. The number of carbonyl (C=O) groups excluding carboxylic acids is 1. The Kier molecular flexibility index (Phi) is 7.52. The zero-order valence-corrected chi connectivity index (χ0v) is 23.0. The first-order chi connectivity index (χ1) is 17.9. The normalized spacial score (nSPS) is 15.7. The van der Waals surface area contributed by atoms with Crippen molar-refractivity contribution in [1.29, 1.82) is 0 Å². The van der Waals surface area contributed by atoms with Gasteiger partial charge in [0.1, 0.15) is 0 Å². The molecule has 1 atom stereocenters. The Morgan fingerprint density at radius 2 is 1.86 bits per heavy atom. The molecule has 7 nitrogen and oxygen atoms in total. The number of aromatic nitrogens is 1. The number of carbonyl (C=O) groups is 1. The van der Waals surface area contributed by atoms with Crippen LogP contribution in [0.15, 0.2) is 82.6 Å². The lowest BCUT2D eigenvalue weighted by Gasteiger charge is -2.23. The number of fused-ring (bicyclic) bond motifs is 1. The van der Waals surface area contributed by atoms with Crippen molar-refractivity contribution >= 4 is 60.1 Å². The summed E-state index contributed by atoms with van der Waals surface area (Å²) in [6.07, 6.45) is 3.81. The van der Waals surface area contributed by atoms with E-state index < -0.39 is 10.0 Å². The van der Waals surface area contributed by atoms with E-state index in [2.05, 4.69) is 6.07 Å². The molecule has 0 aliphatic carbocycles. The van der Waals surface area contributed by atoms with Crippen molar-refractivity contribution in [2.24, 2.45) is 0 Å². The van der Waals surface area contributed by atoms with E-state index in [1.807, 2.05) is 24.5 Å². The molecule has 3 aromatic carbocycles. The molecule has 2 heterocycles. The van der Waals surface area contributed by atoms with E-state index in [0.717, 1.165) is 28.0 Å². The predicted molar refractivity (Wildman–Crippen MR) is 151 cm³/mol. The number of benzene rings is 3. The van der Waals surface area contributed by atoms with Crippen LogP contribution in [0.1, 0.15) is 23.2 Å². The Morgan fingerprint density at radius 1 is 1.11 bits per heavy atom.